The van der Waals surface area contributed by atoms with Gasteiger partial charge in [0, 0.05) is 0 Å². The van der Waals surface area contributed by atoms with E-state index in [0.717, 1.165) is 12.8 Å². The number of aliphatic hydroxyl groups is 1. The fraction of sp³-hybridized carbons (Fsp3) is 1.00. The van der Waals surface area contributed by atoms with Crippen LogP contribution in [0.2, 0.25) is 0 Å². The monoisotopic (exact) mass is 131 g/mol. The minimum atomic E-state index is -0.596. The molecule has 0 aliphatic carbocycles. The van der Waals surface area contributed by atoms with Crippen molar-refractivity contribution in [3.05, 3.63) is 0 Å². The Kier molecular flexibility index (Phi) is 5.99. The molecule has 0 saturated carbocycles. The Morgan fingerprint density at radius 1 is 1.33 bits per heavy atom. The maximum atomic E-state index is 8.63. The molecule has 56 valence electrons. The van der Waals surface area contributed by atoms with Crippen LogP contribution in [-0.4, -0.2) is 11.3 Å². The summed E-state index contributed by atoms with van der Waals surface area (Å²) in [4.78, 5) is 0. The summed E-state index contributed by atoms with van der Waals surface area (Å²) < 4.78 is 0. The second-order valence-electron chi connectivity index (χ2n) is 2.42. The van der Waals surface area contributed by atoms with Gasteiger partial charge in [-0.1, -0.05) is 26.2 Å². The molecule has 0 saturated heterocycles. The summed E-state index contributed by atoms with van der Waals surface area (Å²) in [6.07, 6.45) is 4.91. The van der Waals surface area contributed by atoms with Crippen molar-refractivity contribution in [2.45, 2.75) is 45.3 Å². The average molecular weight is 131 g/mol. The van der Waals surface area contributed by atoms with E-state index in [1.807, 2.05) is 0 Å². The van der Waals surface area contributed by atoms with Crippen molar-refractivity contribution in [3.63, 3.8) is 0 Å². The van der Waals surface area contributed by atoms with Gasteiger partial charge < -0.3 is 10.8 Å². The van der Waals surface area contributed by atoms with E-state index in [4.69, 9.17) is 10.8 Å². The van der Waals surface area contributed by atoms with Crippen LogP contribution >= 0.6 is 0 Å². The standard InChI is InChI=1S/C7H17NO/c1-2-3-4-5-6-7(8)9/h7,9H,2-6,8H2,1H3/t7-/m1/s1. The molecule has 0 rings (SSSR count). The molecule has 2 heteroatoms. The first-order chi connectivity index (χ1) is 4.27. The molecular weight excluding hydrogens is 114 g/mol. The molecule has 0 aliphatic heterocycles. The highest BCUT2D eigenvalue weighted by Crippen LogP contribution is 2.02. The van der Waals surface area contributed by atoms with Crippen LogP contribution in [0.4, 0.5) is 0 Å². The van der Waals surface area contributed by atoms with E-state index >= 15 is 0 Å². The van der Waals surface area contributed by atoms with Gasteiger partial charge in [0.1, 0.15) is 6.23 Å². The summed E-state index contributed by atoms with van der Waals surface area (Å²) in [5, 5.41) is 8.63. The molecule has 0 spiro atoms. The van der Waals surface area contributed by atoms with Crippen molar-refractivity contribution in [2.75, 3.05) is 0 Å². The van der Waals surface area contributed by atoms with E-state index in [0.29, 0.717) is 0 Å². The number of hydrogen-bond donors (Lipinski definition) is 2. The van der Waals surface area contributed by atoms with Crippen LogP contribution in [0.25, 0.3) is 0 Å². The summed E-state index contributed by atoms with van der Waals surface area (Å²) in [7, 11) is 0. The fourth-order valence-corrected chi connectivity index (χ4v) is 0.780. The zero-order valence-corrected chi connectivity index (χ0v) is 6.14. The lowest BCUT2D eigenvalue weighted by Crippen LogP contribution is -2.17. The highest BCUT2D eigenvalue weighted by molar-refractivity contribution is 4.45. The Balaban J connectivity index is 2.75. The largest absolute Gasteiger partial charge is 0.379 e. The Labute approximate surface area is 57.1 Å². The van der Waals surface area contributed by atoms with Gasteiger partial charge in [0.15, 0.2) is 0 Å². The van der Waals surface area contributed by atoms with Crippen LogP contribution in [0.15, 0.2) is 0 Å². The number of rotatable bonds is 5. The van der Waals surface area contributed by atoms with Crippen molar-refractivity contribution in [1.82, 2.24) is 0 Å². The normalized spacial score (nSPS) is 13.7. The topological polar surface area (TPSA) is 46.2 Å². The van der Waals surface area contributed by atoms with Crippen molar-refractivity contribution < 1.29 is 5.11 Å². The number of aliphatic hydroxyl groups excluding tert-OH is 1. The van der Waals surface area contributed by atoms with Crippen LogP contribution in [0, 0.1) is 0 Å². The van der Waals surface area contributed by atoms with E-state index in [1.165, 1.54) is 19.3 Å². The minimum absolute atomic E-state index is 0.596. The van der Waals surface area contributed by atoms with Crippen LogP contribution in [0.5, 0.6) is 0 Å². The smallest absolute Gasteiger partial charge is 0.102 e. The predicted octanol–water partition coefficient (Wildman–Crippen LogP) is 1.23. The molecule has 0 heterocycles. The van der Waals surface area contributed by atoms with Crippen LogP contribution in [0.1, 0.15) is 39.0 Å². The van der Waals surface area contributed by atoms with E-state index < -0.39 is 6.23 Å². The first-order valence-electron chi connectivity index (χ1n) is 3.71. The van der Waals surface area contributed by atoms with Crippen LogP contribution < -0.4 is 5.73 Å². The molecule has 0 aliphatic rings. The molecule has 2 nitrogen and oxygen atoms in total. The zero-order valence-electron chi connectivity index (χ0n) is 6.14. The molecule has 0 fully saturated rings. The van der Waals surface area contributed by atoms with Gasteiger partial charge >= 0.3 is 0 Å². The third-order valence-electron chi connectivity index (χ3n) is 1.35. The van der Waals surface area contributed by atoms with Gasteiger partial charge in [-0.25, -0.2) is 0 Å². The lowest BCUT2D eigenvalue weighted by atomic mass is 10.1. The fourth-order valence-electron chi connectivity index (χ4n) is 0.780. The lowest BCUT2D eigenvalue weighted by Gasteiger charge is -2.01. The first-order valence-corrected chi connectivity index (χ1v) is 3.71. The quantitative estimate of drug-likeness (QED) is 0.435. The highest BCUT2D eigenvalue weighted by atomic mass is 16.3. The van der Waals surface area contributed by atoms with Gasteiger partial charge in [-0.05, 0) is 12.8 Å². The molecule has 0 radical (unpaired) electrons. The number of hydrogen-bond acceptors (Lipinski definition) is 2. The Morgan fingerprint density at radius 2 is 2.00 bits per heavy atom. The molecule has 0 aromatic carbocycles. The van der Waals surface area contributed by atoms with Gasteiger partial charge in [0.2, 0.25) is 0 Å². The summed E-state index contributed by atoms with van der Waals surface area (Å²) >= 11 is 0. The second kappa shape index (κ2) is 6.05. The minimum Gasteiger partial charge on any atom is -0.379 e. The summed E-state index contributed by atoms with van der Waals surface area (Å²) in [6, 6.07) is 0. The van der Waals surface area contributed by atoms with E-state index in [2.05, 4.69) is 6.92 Å². The molecule has 3 N–H and O–H groups in total. The highest BCUT2D eigenvalue weighted by Gasteiger charge is 1.93. The van der Waals surface area contributed by atoms with Crippen LogP contribution in [0.3, 0.4) is 0 Å². The number of unbranched alkanes of at least 4 members (excludes halogenated alkanes) is 3. The first kappa shape index (κ1) is 8.92. The molecular formula is C7H17NO. The molecule has 0 unspecified atom stereocenters. The SMILES string of the molecule is CCCCCC[C@H](N)O. The summed E-state index contributed by atoms with van der Waals surface area (Å²) in [6.45, 7) is 2.17. The number of nitrogens with two attached hydrogens (primary N) is 1. The third-order valence-corrected chi connectivity index (χ3v) is 1.35. The van der Waals surface area contributed by atoms with Gasteiger partial charge in [-0.3, -0.25) is 0 Å². The Hall–Kier alpha value is -0.0800. The van der Waals surface area contributed by atoms with E-state index in [9.17, 15) is 0 Å². The third kappa shape index (κ3) is 7.92. The van der Waals surface area contributed by atoms with Crippen molar-refractivity contribution in [3.8, 4) is 0 Å². The molecule has 0 aromatic rings. The lowest BCUT2D eigenvalue weighted by molar-refractivity contribution is 0.168. The van der Waals surface area contributed by atoms with E-state index in [-0.39, 0.29) is 0 Å². The summed E-state index contributed by atoms with van der Waals surface area (Å²) in [5.74, 6) is 0. The summed E-state index contributed by atoms with van der Waals surface area (Å²) in [5.41, 5.74) is 5.13. The average Bonchev–Trinajstić information content (AvgIpc) is 1.80. The molecule has 1 atom stereocenters. The molecule has 0 aromatic heterocycles. The van der Waals surface area contributed by atoms with Crippen LogP contribution in [-0.2, 0) is 0 Å². The van der Waals surface area contributed by atoms with Crippen molar-refractivity contribution >= 4 is 0 Å². The maximum Gasteiger partial charge on any atom is 0.102 e. The molecule has 9 heavy (non-hydrogen) atoms. The van der Waals surface area contributed by atoms with Gasteiger partial charge in [0.25, 0.3) is 0 Å². The Morgan fingerprint density at radius 3 is 2.44 bits per heavy atom. The van der Waals surface area contributed by atoms with Crippen molar-refractivity contribution in [1.29, 1.82) is 0 Å². The molecule has 0 bridgehead atoms. The van der Waals surface area contributed by atoms with Gasteiger partial charge in [-0.2, -0.15) is 0 Å². The van der Waals surface area contributed by atoms with Crippen molar-refractivity contribution in [2.24, 2.45) is 5.73 Å². The van der Waals surface area contributed by atoms with Gasteiger partial charge in [-0.15, -0.1) is 0 Å². The van der Waals surface area contributed by atoms with E-state index in [1.54, 1.807) is 0 Å². The Bertz CT molecular complexity index is 54.9. The predicted molar refractivity (Wildman–Crippen MR) is 39.0 cm³/mol. The second-order valence-corrected chi connectivity index (χ2v) is 2.42. The molecule has 0 amide bonds. The van der Waals surface area contributed by atoms with Gasteiger partial charge in [0.05, 0.1) is 0 Å². The zero-order chi connectivity index (χ0) is 7.11. The maximum absolute atomic E-state index is 8.63.